The van der Waals surface area contributed by atoms with Gasteiger partial charge in [0.15, 0.2) is 8.68 Å². The Bertz CT molecular complexity index is 411. The molecule has 4 nitrogen and oxygen atoms in total. The molecule has 0 aromatic carbocycles. The lowest BCUT2D eigenvalue weighted by molar-refractivity contribution is 1.02. The summed E-state index contributed by atoms with van der Waals surface area (Å²) in [5, 5.41) is 1.66. The molecule has 0 bridgehead atoms. The van der Waals surface area contributed by atoms with Gasteiger partial charge in [-0.3, -0.25) is 0 Å². The topological polar surface area (TPSA) is 51.6 Å². The SMILES string of the molecule is CSc1nsc(SSc2nc(SC)ns2)n1. The van der Waals surface area contributed by atoms with Gasteiger partial charge in [-0.2, -0.15) is 8.75 Å². The number of hydrogen-bond acceptors (Lipinski definition) is 10. The lowest BCUT2D eigenvalue weighted by Crippen LogP contribution is -1.71. The highest BCUT2D eigenvalue weighted by Crippen LogP contribution is 2.39. The van der Waals surface area contributed by atoms with Crippen LogP contribution in [-0.2, 0) is 0 Å². The van der Waals surface area contributed by atoms with E-state index in [2.05, 4.69) is 18.7 Å². The first-order valence-corrected chi connectivity index (χ1v) is 10.1. The second-order valence-corrected chi connectivity index (χ2v) is 7.93. The van der Waals surface area contributed by atoms with Gasteiger partial charge < -0.3 is 0 Å². The Morgan fingerprint density at radius 1 is 0.812 bits per heavy atom. The van der Waals surface area contributed by atoms with Crippen LogP contribution < -0.4 is 0 Å². The molecule has 0 spiro atoms. The van der Waals surface area contributed by atoms with Crippen LogP contribution >= 0.6 is 68.2 Å². The standard InChI is InChI=1S/C6H6N4S6/c1-11-3-7-5(13-9-3)15-16-6-8-4(12-2)10-14-6/h1-2H3. The summed E-state index contributed by atoms with van der Waals surface area (Å²) in [6.07, 6.45) is 3.94. The van der Waals surface area contributed by atoms with Gasteiger partial charge in [-0.1, -0.05) is 23.5 Å². The van der Waals surface area contributed by atoms with E-state index in [1.165, 1.54) is 23.1 Å². The van der Waals surface area contributed by atoms with Crippen LogP contribution in [0.15, 0.2) is 19.0 Å². The zero-order chi connectivity index (χ0) is 11.4. The molecule has 0 saturated heterocycles. The van der Waals surface area contributed by atoms with E-state index < -0.39 is 0 Å². The molecule has 0 fully saturated rings. The second kappa shape index (κ2) is 6.45. The zero-order valence-electron chi connectivity index (χ0n) is 8.24. The summed E-state index contributed by atoms with van der Waals surface area (Å²) in [4.78, 5) is 8.67. The van der Waals surface area contributed by atoms with Gasteiger partial charge in [0.25, 0.3) is 0 Å². The smallest absolute Gasteiger partial charge is 0.200 e. The van der Waals surface area contributed by atoms with Crippen molar-refractivity contribution < 1.29 is 0 Å². The molecule has 2 aromatic heterocycles. The molecule has 0 saturated carbocycles. The van der Waals surface area contributed by atoms with E-state index in [4.69, 9.17) is 0 Å². The third-order valence-electron chi connectivity index (χ3n) is 1.33. The molecule has 0 N–H and O–H groups in total. The van der Waals surface area contributed by atoms with E-state index in [1.807, 2.05) is 12.5 Å². The maximum absolute atomic E-state index is 4.33. The fourth-order valence-corrected chi connectivity index (χ4v) is 5.43. The van der Waals surface area contributed by atoms with Crippen molar-refractivity contribution in [3.05, 3.63) is 0 Å². The predicted molar refractivity (Wildman–Crippen MR) is 75.1 cm³/mol. The van der Waals surface area contributed by atoms with E-state index >= 15 is 0 Å². The lowest BCUT2D eigenvalue weighted by Gasteiger charge is -1.89. The van der Waals surface area contributed by atoms with Gasteiger partial charge in [-0.05, 0) is 57.2 Å². The first kappa shape index (κ1) is 13.0. The Morgan fingerprint density at radius 3 is 1.56 bits per heavy atom. The summed E-state index contributed by atoms with van der Waals surface area (Å²) in [6, 6.07) is 0. The number of nitrogens with zero attached hydrogens (tertiary/aromatic N) is 4. The molecule has 2 heterocycles. The Hall–Kier alpha value is 0.520. The summed E-state index contributed by atoms with van der Waals surface area (Å²) in [5.74, 6) is 0. The van der Waals surface area contributed by atoms with Crippen molar-refractivity contribution in [2.24, 2.45) is 0 Å². The summed E-state index contributed by atoms with van der Waals surface area (Å²) < 4.78 is 10.3. The zero-order valence-corrected chi connectivity index (χ0v) is 13.1. The largest absolute Gasteiger partial charge is 0.202 e. The fourth-order valence-electron chi connectivity index (χ4n) is 0.699. The number of hydrogen-bond donors (Lipinski definition) is 0. The van der Waals surface area contributed by atoms with E-state index in [9.17, 15) is 0 Å². The van der Waals surface area contributed by atoms with Crippen LogP contribution in [0.3, 0.4) is 0 Å². The van der Waals surface area contributed by atoms with Crippen molar-refractivity contribution in [1.29, 1.82) is 0 Å². The molecule has 2 aromatic rings. The third-order valence-corrected chi connectivity index (χ3v) is 7.01. The maximum atomic E-state index is 4.33. The highest BCUT2D eigenvalue weighted by molar-refractivity contribution is 8.77. The summed E-state index contributed by atoms with van der Waals surface area (Å²) >= 11 is 5.95. The minimum absolute atomic E-state index is 0.829. The molecule has 86 valence electrons. The minimum atomic E-state index is 0.829. The molecule has 0 atom stereocenters. The van der Waals surface area contributed by atoms with E-state index in [-0.39, 0.29) is 0 Å². The van der Waals surface area contributed by atoms with Gasteiger partial charge in [-0.25, -0.2) is 9.97 Å². The summed E-state index contributed by atoms with van der Waals surface area (Å²) in [6.45, 7) is 0. The number of thioether (sulfide) groups is 2. The number of aromatic nitrogens is 4. The van der Waals surface area contributed by atoms with Crippen LogP contribution in [0.1, 0.15) is 0 Å². The Labute approximate surface area is 118 Å². The van der Waals surface area contributed by atoms with Crippen molar-refractivity contribution in [2.45, 2.75) is 19.0 Å². The lowest BCUT2D eigenvalue weighted by atomic mass is 11.3. The highest BCUT2D eigenvalue weighted by Gasteiger charge is 2.08. The summed E-state index contributed by atoms with van der Waals surface area (Å²) in [7, 11) is 3.16. The monoisotopic (exact) mass is 326 g/mol. The summed E-state index contributed by atoms with van der Waals surface area (Å²) in [5.41, 5.74) is 0. The fraction of sp³-hybridized carbons (Fsp3) is 0.333. The van der Waals surface area contributed by atoms with E-state index in [1.54, 1.807) is 45.1 Å². The van der Waals surface area contributed by atoms with Crippen LogP contribution in [0, 0.1) is 0 Å². The Morgan fingerprint density at radius 2 is 1.25 bits per heavy atom. The van der Waals surface area contributed by atoms with Gasteiger partial charge >= 0.3 is 0 Å². The van der Waals surface area contributed by atoms with Crippen LogP contribution in [0.4, 0.5) is 0 Å². The van der Waals surface area contributed by atoms with Crippen LogP contribution in [0.2, 0.25) is 0 Å². The Balaban J connectivity index is 1.91. The molecule has 0 unspecified atom stereocenters. The van der Waals surface area contributed by atoms with Crippen molar-refractivity contribution in [3.8, 4) is 0 Å². The quantitative estimate of drug-likeness (QED) is 0.610. The van der Waals surface area contributed by atoms with Gasteiger partial charge in [0.05, 0.1) is 0 Å². The molecule has 10 heteroatoms. The molecule has 0 radical (unpaired) electrons. The van der Waals surface area contributed by atoms with Crippen LogP contribution in [-0.4, -0.2) is 31.2 Å². The average Bonchev–Trinajstić information content (AvgIpc) is 2.95. The molecular formula is C6H6N4S6. The van der Waals surface area contributed by atoms with E-state index in [0.29, 0.717) is 0 Å². The molecule has 0 aliphatic carbocycles. The maximum Gasteiger partial charge on any atom is 0.200 e. The predicted octanol–water partition coefficient (Wildman–Crippen LogP) is 3.63. The first-order chi connectivity index (χ1) is 7.81. The van der Waals surface area contributed by atoms with Crippen LogP contribution in [0.5, 0.6) is 0 Å². The first-order valence-electron chi connectivity index (χ1n) is 3.91. The van der Waals surface area contributed by atoms with Gasteiger partial charge in [0, 0.05) is 0 Å². The second-order valence-electron chi connectivity index (χ2n) is 2.26. The average molecular weight is 327 g/mol. The molecular weight excluding hydrogens is 320 g/mol. The van der Waals surface area contributed by atoms with Gasteiger partial charge in [0.1, 0.15) is 0 Å². The van der Waals surface area contributed by atoms with Crippen molar-refractivity contribution >= 4 is 68.2 Å². The Kier molecular flexibility index (Phi) is 5.23. The van der Waals surface area contributed by atoms with Crippen molar-refractivity contribution in [3.63, 3.8) is 0 Å². The van der Waals surface area contributed by atoms with Crippen molar-refractivity contribution in [2.75, 3.05) is 12.5 Å². The van der Waals surface area contributed by atoms with E-state index in [0.717, 1.165) is 19.0 Å². The normalized spacial score (nSPS) is 10.9. The minimum Gasteiger partial charge on any atom is -0.202 e. The number of rotatable bonds is 5. The van der Waals surface area contributed by atoms with Crippen molar-refractivity contribution in [1.82, 2.24) is 18.7 Å². The molecule has 16 heavy (non-hydrogen) atoms. The highest BCUT2D eigenvalue weighted by atomic mass is 33.1. The third kappa shape index (κ3) is 3.50. The van der Waals surface area contributed by atoms with Gasteiger partial charge in [-0.15, -0.1) is 0 Å². The van der Waals surface area contributed by atoms with Crippen LogP contribution in [0.25, 0.3) is 0 Å². The molecule has 0 amide bonds. The molecule has 2 rings (SSSR count). The molecule has 0 aliphatic heterocycles. The van der Waals surface area contributed by atoms with Gasteiger partial charge in [0.2, 0.25) is 10.3 Å². The molecule has 0 aliphatic rings.